The van der Waals surface area contributed by atoms with E-state index in [2.05, 4.69) is 15.3 Å². The summed E-state index contributed by atoms with van der Waals surface area (Å²) in [5, 5.41) is 3.05. The van der Waals surface area contributed by atoms with Crippen LogP contribution in [0.4, 0.5) is 10.2 Å². The van der Waals surface area contributed by atoms with Crippen molar-refractivity contribution in [3.63, 3.8) is 0 Å². The summed E-state index contributed by atoms with van der Waals surface area (Å²) in [5.74, 6) is 0.356. The number of ether oxygens (including phenoxy) is 1. The maximum Gasteiger partial charge on any atom is 0.220 e. The number of hydrogen-bond acceptors (Lipinski definition) is 5. The Morgan fingerprint density at radius 1 is 1.39 bits per heavy atom. The van der Waals surface area contributed by atoms with E-state index in [1.807, 2.05) is 20.8 Å². The molecule has 9 heteroatoms. The van der Waals surface area contributed by atoms with E-state index in [0.29, 0.717) is 34.8 Å². The van der Waals surface area contributed by atoms with Crippen LogP contribution in [-0.2, 0) is 4.79 Å². The van der Waals surface area contributed by atoms with Gasteiger partial charge in [-0.05, 0) is 32.4 Å². The van der Waals surface area contributed by atoms with E-state index < -0.39 is 0 Å². The molecule has 1 unspecified atom stereocenters. The molecule has 0 bridgehead atoms. The van der Waals surface area contributed by atoms with Crippen LogP contribution < -0.4 is 15.8 Å². The predicted molar refractivity (Wildman–Crippen MR) is 117 cm³/mol. The van der Waals surface area contributed by atoms with Crippen molar-refractivity contribution in [3.8, 4) is 5.75 Å². The average Bonchev–Trinajstić information content (AvgIpc) is 3.28. The molecule has 3 N–H and O–H groups in total. The lowest BCUT2D eigenvalue weighted by Crippen LogP contribution is -2.17. The number of nitrogens with two attached hydrogens (primary N) is 1. The lowest BCUT2D eigenvalue weighted by Gasteiger charge is -2.25. The quantitative estimate of drug-likeness (QED) is 0.620. The summed E-state index contributed by atoms with van der Waals surface area (Å²) < 4.78 is 23.3. The van der Waals surface area contributed by atoms with Gasteiger partial charge in [-0.1, -0.05) is 18.5 Å². The molecule has 3 aromatic rings. The second kappa shape index (κ2) is 8.00. The van der Waals surface area contributed by atoms with E-state index in [9.17, 15) is 4.79 Å². The van der Waals surface area contributed by atoms with Crippen LogP contribution in [-0.4, -0.2) is 32.9 Å². The molecule has 0 radical (unpaired) electrons. The molecule has 2 atom stereocenters. The zero-order chi connectivity index (χ0) is 22.4. The van der Waals surface area contributed by atoms with Gasteiger partial charge >= 0.3 is 0 Å². The summed E-state index contributed by atoms with van der Waals surface area (Å²) in [6, 6.07) is 1.78. The van der Waals surface area contributed by atoms with Gasteiger partial charge in [0.05, 0.1) is 6.10 Å². The number of carbonyl (C=O) groups excluding carboxylic acids is 1. The van der Waals surface area contributed by atoms with E-state index in [1.165, 1.54) is 0 Å². The standard InChI is InChI=1S/C22H25ClFN5O2/c1-10(2)31-19-14(7-11(3)17(24)16(19)13-8-15(30)27-9-13)12(4)22-28-20(23)18-21(25)26-5-6-29(18)22/h5-7,10,12-13H,8-9H2,1-4H3,(H2,25,26)(H,27,30)/t12-,13?/m1/s1. The van der Waals surface area contributed by atoms with E-state index in [0.717, 1.165) is 5.56 Å². The highest BCUT2D eigenvalue weighted by molar-refractivity contribution is 6.33. The number of hydrogen-bond donors (Lipinski definition) is 2. The van der Waals surface area contributed by atoms with E-state index in [4.69, 9.17) is 22.1 Å². The number of nitrogens with one attached hydrogen (secondary N) is 1. The van der Waals surface area contributed by atoms with Crippen molar-refractivity contribution in [1.29, 1.82) is 0 Å². The summed E-state index contributed by atoms with van der Waals surface area (Å²) in [7, 11) is 0. The summed E-state index contributed by atoms with van der Waals surface area (Å²) in [6.45, 7) is 7.84. The maximum absolute atomic E-state index is 15.4. The lowest BCUT2D eigenvalue weighted by molar-refractivity contribution is -0.119. The first-order chi connectivity index (χ1) is 14.7. The topological polar surface area (TPSA) is 94.5 Å². The zero-order valence-electron chi connectivity index (χ0n) is 17.9. The summed E-state index contributed by atoms with van der Waals surface area (Å²) in [5.41, 5.74) is 8.23. The van der Waals surface area contributed by atoms with E-state index in [-0.39, 0.29) is 47.1 Å². The number of halogens is 2. The Hall–Kier alpha value is -2.87. The summed E-state index contributed by atoms with van der Waals surface area (Å²) in [4.78, 5) is 20.5. The summed E-state index contributed by atoms with van der Waals surface area (Å²) >= 11 is 6.36. The second-order valence-electron chi connectivity index (χ2n) is 8.22. The first-order valence-corrected chi connectivity index (χ1v) is 10.6. The third kappa shape index (κ3) is 3.69. The van der Waals surface area contributed by atoms with Gasteiger partial charge < -0.3 is 15.8 Å². The van der Waals surface area contributed by atoms with Crippen LogP contribution in [0.1, 0.15) is 61.5 Å². The van der Waals surface area contributed by atoms with Gasteiger partial charge in [0.25, 0.3) is 0 Å². The number of aryl methyl sites for hydroxylation is 1. The molecule has 4 rings (SSSR count). The molecule has 1 aliphatic heterocycles. The van der Waals surface area contributed by atoms with Crippen LogP contribution in [0.2, 0.25) is 5.15 Å². The molecule has 1 saturated heterocycles. The van der Waals surface area contributed by atoms with Gasteiger partial charge in [0.15, 0.2) is 11.0 Å². The molecule has 1 aliphatic rings. The minimum Gasteiger partial charge on any atom is -0.490 e. The Morgan fingerprint density at radius 2 is 2.13 bits per heavy atom. The number of amides is 1. The molecule has 164 valence electrons. The SMILES string of the molecule is Cc1cc([C@@H](C)c2nc(Cl)c3c(N)nccn23)c(OC(C)C)c(C2CNC(=O)C2)c1F. The molecular formula is C22H25ClFN5O2. The van der Waals surface area contributed by atoms with Gasteiger partial charge in [0, 0.05) is 48.3 Å². The molecule has 31 heavy (non-hydrogen) atoms. The van der Waals surface area contributed by atoms with Crippen molar-refractivity contribution < 1.29 is 13.9 Å². The van der Waals surface area contributed by atoms with Gasteiger partial charge in [-0.3, -0.25) is 9.20 Å². The third-order valence-electron chi connectivity index (χ3n) is 5.62. The number of fused-ring (bicyclic) bond motifs is 1. The number of nitrogen functional groups attached to an aromatic ring is 1. The fraction of sp³-hybridized carbons (Fsp3) is 0.409. The predicted octanol–water partition coefficient (Wildman–Crippen LogP) is 3.95. The molecular weight excluding hydrogens is 421 g/mol. The Labute approximate surface area is 184 Å². The molecule has 0 saturated carbocycles. The molecule has 3 heterocycles. The molecule has 1 fully saturated rings. The number of imidazole rings is 1. The monoisotopic (exact) mass is 445 g/mol. The highest BCUT2D eigenvalue weighted by atomic mass is 35.5. The largest absolute Gasteiger partial charge is 0.490 e. The Morgan fingerprint density at radius 3 is 2.77 bits per heavy atom. The summed E-state index contributed by atoms with van der Waals surface area (Å²) in [6.07, 6.45) is 3.37. The van der Waals surface area contributed by atoms with Crippen LogP contribution in [0.25, 0.3) is 5.52 Å². The van der Waals surface area contributed by atoms with Gasteiger partial charge in [0.2, 0.25) is 5.91 Å². The molecule has 2 aromatic heterocycles. The fourth-order valence-electron chi connectivity index (χ4n) is 4.18. The molecule has 0 aliphatic carbocycles. The van der Waals surface area contributed by atoms with Crippen LogP contribution in [0.15, 0.2) is 18.5 Å². The third-order valence-corrected chi connectivity index (χ3v) is 5.89. The maximum atomic E-state index is 15.4. The van der Waals surface area contributed by atoms with Crippen molar-refractivity contribution >= 4 is 28.8 Å². The number of anilines is 1. The van der Waals surface area contributed by atoms with Gasteiger partial charge in [-0.15, -0.1) is 0 Å². The van der Waals surface area contributed by atoms with Crippen LogP contribution in [0.5, 0.6) is 5.75 Å². The van der Waals surface area contributed by atoms with Crippen LogP contribution in [0.3, 0.4) is 0 Å². The molecule has 0 spiro atoms. The minimum atomic E-state index is -0.340. The Balaban J connectivity index is 1.93. The Bertz CT molecular complexity index is 1180. The first-order valence-electron chi connectivity index (χ1n) is 10.2. The minimum absolute atomic E-state index is 0.0926. The van der Waals surface area contributed by atoms with Gasteiger partial charge in [-0.25, -0.2) is 14.4 Å². The normalized spacial score (nSPS) is 17.4. The Kier molecular flexibility index (Phi) is 5.51. The van der Waals surface area contributed by atoms with Gasteiger partial charge in [0.1, 0.15) is 22.9 Å². The molecule has 7 nitrogen and oxygen atoms in total. The highest BCUT2D eigenvalue weighted by Crippen LogP contribution is 2.43. The van der Waals surface area contributed by atoms with E-state index >= 15 is 4.39 Å². The first kappa shape index (κ1) is 21.4. The number of aromatic nitrogens is 3. The number of benzene rings is 1. The van der Waals surface area contributed by atoms with Crippen LogP contribution >= 0.6 is 11.6 Å². The second-order valence-corrected chi connectivity index (χ2v) is 8.58. The molecule has 1 amide bonds. The number of carbonyl (C=O) groups is 1. The molecule has 1 aromatic carbocycles. The van der Waals surface area contributed by atoms with Crippen molar-refractivity contribution in [2.45, 2.75) is 52.1 Å². The van der Waals surface area contributed by atoms with Crippen molar-refractivity contribution in [1.82, 2.24) is 19.7 Å². The van der Waals surface area contributed by atoms with Gasteiger partial charge in [-0.2, -0.15) is 0 Å². The van der Waals surface area contributed by atoms with Crippen molar-refractivity contribution in [3.05, 3.63) is 51.9 Å². The van der Waals surface area contributed by atoms with E-state index in [1.54, 1.807) is 29.8 Å². The number of nitrogens with zero attached hydrogens (tertiary/aromatic N) is 3. The van der Waals surface area contributed by atoms with Crippen LogP contribution in [0, 0.1) is 12.7 Å². The van der Waals surface area contributed by atoms with Crippen molar-refractivity contribution in [2.75, 3.05) is 12.3 Å². The lowest BCUT2D eigenvalue weighted by atomic mass is 9.88. The number of rotatable bonds is 5. The smallest absolute Gasteiger partial charge is 0.220 e. The highest BCUT2D eigenvalue weighted by Gasteiger charge is 2.33. The zero-order valence-corrected chi connectivity index (χ0v) is 18.6. The fourth-order valence-corrected chi connectivity index (χ4v) is 4.45. The van der Waals surface area contributed by atoms with Crippen molar-refractivity contribution in [2.24, 2.45) is 0 Å². The average molecular weight is 446 g/mol.